The summed E-state index contributed by atoms with van der Waals surface area (Å²) in [7, 11) is 0. The summed E-state index contributed by atoms with van der Waals surface area (Å²) in [5, 5.41) is 28.3. The molecule has 2 unspecified atom stereocenters. The lowest BCUT2D eigenvalue weighted by molar-refractivity contribution is -0.0549. The highest BCUT2D eigenvalue weighted by molar-refractivity contribution is 6.23. The lowest BCUT2D eigenvalue weighted by Gasteiger charge is -2.16. The van der Waals surface area contributed by atoms with Gasteiger partial charge in [0.15, 0.2) is 6.23 Å². The predicted octanol–water partition coefficient (Wildman–Crippen LogP) is -1.58. The summed E-state index contributed by atoms with van der Waals surface area (Å²) in [6.07, 6.45) is -3.31. The first-order valence-electron chi connectivity index (χ1n) is 5.16. The highest BCUT2D eigenvalue weighted by atomic mass is 35.5. The Morgan fingerprint density at radius 1 is 1.50 bits per heavy atom. The van der Waals surface area contributed by atoms with Crippen LogP contribution in [0, 0.1) is 0 Å². The molecule has 100 valence electrons. The molecule has 2 rings (SSSR count). The number of aromatic nitrogens is 2. The summed E-state index contributed by atoms with van der Waals surface area (Å²) in [5.74, 6) is 0.157. The Bertz CT molecular complexity index is 482. The van der Waals surface area contributed by atoms with Crippen molar-refractivity contribution in [1.82, 2.24) is 9.55 Å². The Kier molecular flexibility index (Phi) is 3.83. The number of rotatable bonds is 3. The third kappa shape index (κ3) is 2.20. The monoisotopic (exact) mass is 277 g/mol. The van der Waals surface area contributed by atoms with Crippen LogP contribution in [0.25, 0.3) is 0 Å². The molecule has 0 aliphatic carbocycles. The van der Waals surface area contributed by atoms with E-state index in [0.717, 1.165) is 4.57 Å². The molecule has 1 aliphatic rings. The van der Waals surface area contributed by atoms with Crippen molar-refractivity contribution in [1.29, 1.82) is 0 Å². The molecule has 1 aromatic rings. The molecule has 2 heterocycles. The fourth-order valence-corrected chi connectivity index (χ4v) is 1.87. The number of nitrogens with one attached hydrogen (secondary N) is 1. The van der Waals surface area contributed by atoms with Crippen LogP contribution in [-0.2, 0) is 4.74 Å². The molecule has 18 heavy (non-hydrogen) atoms. The van der Waals surface area contributed by atoms with Gasteiger partial charge in [-0.15, -0.1) is 0 Å². The van der Waals surface area contributed by atoms with Crippen LogP contribution in [0.2, 0.25) is 0 Å². The van der Waals surface area contributed by atoms with E-state index in [2.05, 4.69) is 9.82 Å². The topological polar surface area (TPSA) is 117 Å². The molecule has 1 saturated heterocycles. The molecule has 8 nitrogen and oxygen atoms in total. The van der Waals surface area contributed by atoms with E-state index in [0.29, 0.717) is 0 Å². The van der Waals surface area contributed by atoms with Crippen LogP contribution in [0.1, 0.15) is 6.23 Å². The maximum absolute atomic E-state index is 11.7. The van der Waals surface area contributed by atoms with Gasteiger partial charge >= 0.3 is 5.69 Å². The minimum Gasteiger partial charge on any atom is -0.394 e. The van der Waals surface area contributed by atoms with Gasteiger partial charge in [0.25, 0.3) is 0 Å². The maximum Gasteiger partial charge on any atom is 0.351 e. The summed E-state index contributed by atoms with van der Waals surface area (Å²) in [6, 6.07) is 1.41. The molecule has 1 fully saturated rings. The summed E-state index contributed by atoms with van der Waals surface area (Å²) >= 11 is 5.29. The molecule has 1 aromatic heterocycles. The van der Waals surface area contributed by atoms with Crippen molar-refractivity contribution in [2.45, 2.75) is 24.5 Å². The van der Waals surface area contributed by atoms with E-state index in [-0.39, 0.29) is 5.82 Å². The highest BCUT2D eigenvalue weighted by Crippen LogP contribution is 2.28. The van der Waals surface area contributed by atoms with Gasteiger partial charge in [-0.2, -0.15) is 4.98 Å². The van der Waals surface area contributed by atoms with Crippen LogP contribution in [-0.4, -0.2) is 49.8 Å². The van der Waals surface area contributed by atoms with E-state index in [1.807, 2.05) is 0 Å². The van der Waals surface area contributed by atoms with E-state index < -0.39 is 36.8 Å². The van der Waals surface area contributed by atoms with Gasteiger partial charge in [0.05, 0.1) is 6.61 Å². The maximum atomic E-state index is 11.7. The van der Waals surface area contributed by atoms with Gasteiger partial charge in [-0.25, -0.2) is 4.79 Å². The SMILES string of the molecule is O=c1nc(NCl)ccn1C1O[C@H](CO)[C@H](O)C1O. The predicted molar refractivity (Wildman–Crippen MR) is 61.0 cm³/mol. The summed E-state index contributed by atoms with van der Waals surface area (Å²) < 4.78 is 6.21. The first-order valence-corrected chi connectivity index (χ1v) is 5.54. The van der Waals surface area contributed by atoms with E-state index in [4.69, 9.17) is 21.6 Å². The van der Waals surface area contributed by atoms with Gasteiger partial charge in [-0.05, 0) is 6.07 Å². The second-order valence-corrected chi connectivity index (χ2v) is 4.01. The number of ether oxygens (including phenoxy) is 1. The molecule has 9 heteroatoms. The van der Waals surface area contributed by atoms with Gasteiger partial charge in [0, 0.05) is 18.0 Å². The van der Waals surface area contributed by atoms with Gasteiger partial charge in [0.2, 0.25) is 0 Å². The van der Waals surface area contributed by atoms with Crippen molar-refractivity contribution in [3.05, 3.63) is 22.7 Å². The third-order valence-electron chi connectivity index (χ3n) is 2.72. The second-order valence-electron chi connectivity index (χ2n) is 3.83. The van der Waals surface area contributed by atoms with E-state index in [1.54, 1.807) is 0 Å². The number of hydrogen-bond donors (Lipinski definition) is 4. The number of halogens is 1. The number of anilines is 1. The molecule has 0 saturated carbocycles. The molecule has 4 N–H and O–H groups in total. The molecular formula is C9H12ClN3O5. The van der Waals surface area contributed by atoms with Gasteiger partial charge in [0.1, 0.15) is 24.1 Å². The fourth-order valence-electron chi connectivity index (χ4n) is 1.77. The first kappa shape index (κ1) is 13.2. The van der Waals surface area contributed by atoms with Crippen molar-refractivity contribution in [3.8, 4) is 0 Å². The molecular weight excluding hydrogens is 266 g/mol. The Morgan fingerprint density at radius 3 is 2.72 bits per heavy atom. The Balaban J connectivity index is 2.30. The van der Waals surface area contributed by atoms with Crippen molar-refractivity contribution in [2.75, 3.05) is 11.4 Å². The minimum absolute atomic E-state index is 0.157. The quantitative estimate of drug-likeness (QED) is 0.493. The average molecular weight is 278 g/mol. The smallest absolute Gasteiger partial charge is 0.351 e. The standard InChI is InChI=1S/C9H12ClN3O5/c10-12-5-1-2-13(9(17)11-5)8-7(16)6(15)4(3-14)18-8/h1-2,4,6-8,14-16H,3H2,(H,11,12,17)/t4-,6+,7?,8?/m1/s1. The third-order valence-corrected chi connectivity index (χ3v) is 2.91. The minimum atomic E-state index is -1.32. The largest absolute Gasteiger partial charge is 0.394 e. The zero-order valence-electron chi connectivity index (χ0n) is 9.10. The van der Waals surface area contributed by atoms with Crippen LogP contribution in [0.15, 0.2) is 17.1 Å². The van der Waals surface area contributed by atoms with Gasteiger partial charge < -0.3 is 20.1 Å². The van der Waals surface area contributed by atoms with E-state index in [9.17, 15) is 15.0 Å². The molecule has 0 radical (unpaired) electrons. The van der Waals surface area contributed by atoms with Crippen molar-refractivity contribution in [3.63, 3.8) is 0 Å². The second kappa shape index (κ2) is 5.21. The Labute approximate surface area is 107 Å². The normalized spacial score (nSPS) is 31.6. The molecule has 0 aromatic carbocycles. The molecule has 1 aliphatic heterocycles. The lowest BCUT2D eigenvalue weighted by Crippen LogP contribution is -2.35. The zero-order chi connectivity index (χ0) is 13.3. The van der Waals surface area contributed by atoms with Crippen molar-refractivity contribution >= 4 is 17.6 Å². The average Bonchev–Trinajstić information content (AvgIpc) is 2.66. The zero-order valence-corrected chi connectivity index (χ0v) is 9.86. The lowest BCUT2D eigenvalue weighted by atomic mass is 10.1. The van der Waals surface area contributed by atoms with Crippen LogP contribution in [0.3, 0.4) is 0 Å². The first-order chi connectivity index (χ1) is 8.58. The summed E-state index contributed by atoms with van der Waals surface area (Å²) in [4.78, 5) is 17.4. The summed E-state index contributed by atoms with van der Waals surface area (Å²) in [5.41, 5.74) is -0.699. The highest BCUT2D eigenvalue weighted by Gasteiger charge is 2.43. The van der Waals surface area contributed by atoms with E-state index in [1.165, 1.54) is 12.3 Å². The van der Waals surface area contributed by atoms with E-state index >= 15 is 0 Å². The molecule has 4 atom stereocenters. The number of hydrogen-bond acceptors (Lipinski definition) is 7. The summed E-state index contributed by atoms with van der Waals surface area (Å²) in [6.45, 7) is -0.460. The van der Waals surface area contributed by atoms with Crippen molar-refractivity contribution < 1.29 is 20.1 Å². The number of aliphatic hydroxyl groups is 3. The van der Waals surface area contributed by atoms with Crippen molar-refractivity contribution in [2.24, 2.45) is 0 Å². The Morgan fingerprint density at radius 2 is 2.22 bits per heavy atom. The van der Waals surface area contributed by atoms with Crippen LogP contribution in [0.5, 0.6) is 0 Å². The number of nitrogens with zero attached hydrogens (tertiary/aromatic N) is 2. The van der Waals surface area contributed by atoms with Gasteiger partial charge in [-0.1, -0.05) is 0 Å². The Hall–Kier alpha value is -1.19. The van der Waals surface area contributed by atoms with Crippen LogP contribution in [0.4, 0.5) is 5.82 Å². The van der Waals surface area contributed by atoms with Crippen LogP contribution < -0.4 is 10.5 Å². The molecule has 0 bridgehead atoms. The molecule has 0 amide bonds. The fraction of sp³-hybridized carbons (Fsp3) is 0.556. The van der Waals surface area contributed by atoms with Gasteiger partial charge in [-0.3, -0.25) is 9.40 Å². The molecule has 0 spiro atoms. The number of aliphatic hydroxyl groups excluding tert-OH is 3. The van der Waals surface area contributed by atoms with Crippen LogP contribution >= 0.6 is 11.8 Å².